The van der Waals surface area contributed by atoms with E-state index in [1.54, 1.807) is 29.0 Å². The number of imidazole rings is 1. The smallest absolute Gasteiger partial charge is 0.417 e. The van der Waals surface area contributed by atoms with Crippen molar-refractivity contribution in [3.05, 3.63) is 104 Å². The van der Waals surface area contributed by atoms with Gasteiger partial charge in [-0.15, -0.1) is 0 Å². The van der Waals surface area contributed by atoms with E-state index in [1.807, 2.05) is 24.3 Å². The number of nitrogens with zero attached hydrogens (tertiary/aromatic N) is 2. The van der Waals surface area contributed by atoms with Crippen molar-refractivity contribution in [3.63, 3.8) is 0 Å². The third-order valence-electron chi connectivity index (χ3n) is 5.25. The van der Waals surface area contributed by atoms with Crippen LogP contribution in [0.25, 0.3) is 16.9 Å². The molecule has 0 saturated heterocycles. The molecule has 0 aliphatic heterocycles. The number of rotatable bonds is 5. The molecule has 0 radical (unpaired) electrons. The Balaban J connectivity index is 1.88. The zero-order valence-corrected chi connectivity index (χ0v) is 21.1. The minimum atomic E-state index is -4.72. The van der Waals surface area contributed by atoms with Crippen molar-refractivity contribution in [2.75, 3.05) is 7.11 Å². The van der Waals surface area contributed by atoms with Gasteiger partial charge in [0.15, 0.2) is 0 Å². The van der Waals surface area contributed by atoms with Crippen LogP contribution < -0.4 is 0 Å². The Morgan fingerprint density at radius 2 is 1.77 bits per heavy atom. The third kappa shape index (κ3) is 5.55. The highest BCUT2D eigenvalue weighted by Crippen LogP contribution is 2.35. The molecule has 35 heavy (non-hydrogen) atoms. The second kappa shape index (κ2) is 10.0. The van der Waals surface area contributed by atoms with Crippen molar-refractivity contribution in [3.8, 4) is 16.9 Å². The molecule has 3 aromatic carbocycles. The average molecular weight is 584 g/mol. The van der Waals surface area contributed by atoms with Crippen molar-refractivity contribution in [2.24, 2.45) is 0 Å². The van der Waals surface area contributed by atoms with Crippen LogP contribution in [0.3, 0.4) is 0 Å². The fraction of sp³-hybridized carbons (Fsp3) is 0.120. The van der Waals surface area contributed by atoms with Crippen molar-refractivity contribution in [2.45, 2.75) is 12.6 Å². The maximum absolute atomic E-state index is 13.5. The molecule has 1 aromatic heterocycles. The Hall–Kier alpha value is -2.81. The topological polar surface area (TPSA) is 44.1 Å². The molecular weight excluding hydrogens is 568 g/mol. The highest BCUT2D eigenvalue weighted by molar-refractivity contribution is 9.10. The van der Waals surface area contributed by atoms with Gasteiger partial charge in [-0.25, -0.2) is 9.78 Å². The van der Waals surface area contributed by atoms with Gasteiger partial charge in [0.1, 0.15) is 5.82 Å². The molecule has 1 heterocycles. The van der Waals surface area contributed by atoms with E-state index in [4.69, 9.17) is 28.2 Å². The lowest BCUT2D eigenvalue weighted by Gasteiger charge is -2.14. The summed E-state index contributed by atoms with van der Waals surface area (Å²) in [6.45, 7) is 0. The van der Waals surface area contributed by atoms with Crippen molar-refractivity contribution in [1.82, 2.24) is 9.55 Å². The minimum absolute atomic E-state index is 0.314. The Labute approximate surface area is 217 Å². The molecule has 4 rings (SSSR count). The first-order valence-electron chi connectivity index (χ1n) is 10.1. The molecule has 0 saturated carbocycles. The third-order valence-corrected chi connectivity index (χ3v) is 6.33. The highest BCUT2D eigenvalue weighted by Gasteiger charge is 2.36. The number of carbonyl (C=O) groups excluding carboxylic acids is 1. The van der Waals surface area contributed by atoms with Gasteiger partial charge in [0.05, 0.1) is 29.0 Å². The second-order valence-electron chi connectivity index (χ2n) is 7.56. The van der Waals surface area contributed by atoms with E-state index in [0.29, 0.717) is 39.2 Å². The molecule has 4 nitrogen and oxygen atoms in total. The number of halogens is 6. The number of ether oxygens (including phenoxy) is 1. The van der Waals surface area contributed by atoms with Crippen molar-refractivity contribution in [1.29, 1.82) is 0 Å². The van der Waals surface area contributed by atoms with E-state index in [9.17, 15) is 18.0 Å². The van der Waals surface area contributed by atoms with Gasteiger partial charge in [-0.2, -0.15) is 13.2 Å². The van der Waals surface area contributed by atoms with Crippen LogP contribution in [0, 0.1) is 0 Å². The Bertz CT molecular complexity index is 1400. The highest BCUT2D eigenvalue weighted by atomic mass is 79.9. The summed E-state index contributed by atoms with van der Waals surface area (Å²) in [5.41, 5.74) is 0.670. The number of carbonyl (C=O) groups is 1. The predicted molar refractivity (Wildman–Crippen MR) is 132 cm³/mol. The molecule has 0 amide bonds. The number of methoxy groups -OCH3 is 1. The van der Waals surface area contributed by atoms with Gasteiger partial charge in [0, 0.05) is 33.4 Å². The zero-order valence-electron chi connectivity index (χ0n) is 18.0. The summed E-state index contributed by atoms with van der Waals surface area (Å²) in [6, 6.07) is 15.8. The number of esters is 1. The summed E-state index contributed by atoms with van der Waals surface area (Å²) >= 11 is 15.8. The van der Waals surface area contributed by atoms with Crippen LogP contribution in [0.1, 0.15) is 27.3 Å². The number of hydrogen-bond donors (Lipinski definition) is 0. The molecule has 0 atom stereocenters. The number of hydrogen-bond acceptors (Lipinski definition) is 3. The number of alkyl halides is 3. The molecule has 0 N–H and O–H groups in total. The summed E-state index contributed by atoms with van der Waals surface area (Å²) in [5, 5.41) is 0.832. The van der Waals surface area contributed by atoms with E-state index in [-0.39, 0.29) is 0 Å². The average Bonchev–Trinajstić information content (AvgIpc) is 3.22. The minimum Gasteiger partial charge on any atom is -0.465 e. The second-order valence-corrected chi connectivity index (χ2v) is 9.32. The monoisotopic (exact) mass is 582 g/mol. The first-order chi connectivity index (χ1) is 16.6. The lowest BCUT2D eigenvalue weighted by molar-refractivity contribution is -0.138. The molecule has 0 unspecified atom stereocenters. The first-order valence-corrected chi connectivity index (χ1v) is 11.7. The number of aromatic nitrogens is 2. The summed E-state index contributed by atoms with van der Waals surface area (Å²) in [6.07, 6.45) is -2.70. The van der Waals surface area contributed by atoms with Crippen molar-refractivity contribution >= 4 is 45.1 Å². The molecule has 180 valence electrons. The fourth-order valence-electron chi connectivity index (χ4n) is 3.59. The summed E-state index contributed by atoms with van der Waals surface area (Å²) in [4.78, 5) is 16.9. The molecular formula is C25H16BrCl2F3N2O2. The van der Waals surface area contributed by atoms with E-state index >= 15 is 0 Å². The summed E-state index contributed by atoms with van der Waals surface area (Å²) in [7, 11) is 1.03. The van der Waals surface area contributed by atoms with E-state index < -0.39 is 23.3 Å². The van der Waals surface area contributed by atoms with Crippen molar-refractivity contribution < 1.29 is 22.7 Å². The predicted octanol–water partition coefficient (Wildman–Crippen LogP) is 8.00. The van der Waals surface area contributed by atoms with E-state index in [1.165, 1.54) is 6.07 Å². The Morgan fingerprint density at radius 3 is 2.40 bits per heavy atom. The molecule has 0 aliphatic carbocycles. The van der Waals surface area contributed by atoms with Crippen LogP contribution in [0.4, 0.5) is 13.2 Å². The van der Waals surface area contributed by atoms with Gasteiger partial charge in [0.25, 0.3) is 0 Å². The van der Waals surface area contributed by atoms with Crippen LogP contribution >= 0.6 is 39.1 Å². The zero-order chi connectivity index (χ0) is 25.3. The van der Waals surface area contributed by atoms with Gasteiger partial charge >= 0.3 is 12.1 Å². The Kier molecular flexibility index (Phi) is 7.26. The lowest BCUT2D eigenvalue weighted by atomic mass is 10.1. The van der Waals surface area contributed by atoms with E-state index in [0.717, 1.165) is 29.3 Å². The first kappa shape index (κ1) is 25.3. The van der Waals surface area contributed by atoms with Gasteiger partial charge < -0.3 is 9.30 Å². The molecule has 0 fully saturated rings. The van der Waals surface area contributed by atoms with Gasteiger partial charge in [-0.05, 0) is 54.1 Å². The lowest BCUT2D eigenvalue weighted by Crippen LogP contribution is -2.15. The molecule has 0 spiro atoms. The van der Waals surface area contributed by atoms with E-state index in [2.05, 4.69) is 20.7 Å². The maximum Gasteiger partial charge on any atom is 0.417 e. The fourth-order valence-corrected chi connectivity index (χ4v) is 4.36. The molecule has 0 bridgehead atoms. The summed E-state index contributed by atoms with van der Waals surface area (Å²) < 4.78 is 47.7. The molecule has 10 heteroatoms. The molecule has 4 aromatic rings. The van der Waals surface area contributed by atoms with Gasteiger partial charge in [0.2, 0.25) is 0 Å². The van der Waals surface area contributed by atoms with Crippen LogP contribution in [0.2, 0.25) is 10.0 Å². The number of benzene rings is 3. The normalized spacial score (nSPS) is 11.5. The summed E-state index contributed by atoms with van der Waals surface area (Å²) in [5.74, 6) is -0.557. The quantitative estimate of drug-likeness (QED) is 0.224. The Morgan fingerprint density at radius 1 is 1.06 bits per heavy atom. The van der Waals surface area contributed by atoms with Gasteiger partial charge in [-0.1, -0.05) is 51.3 Å². The SMILES string of the molecule is COC(=O)c1cc(-n2cc(-c3ccc(Cl)cc3Cl)nc2Cc2ccc(Br)cc2)ccc1C(F)(F)F. The van der Waals surface area contributed by atoms with Crippen LogP contribution in [0.5, 0.6) is 0 Å². The molecule has 0 aliphatic rings. The van der Waals surface area contributed by atoms with Gasteiger partial charge in [-0.3, -0.25) is 0 Å². The van der Waals surface area contributed by atoms with Crippen LogP contribution in [0.15, 0.2) is 71.3 Å². The van der Waals surface area contributed by atoms with Crippen LogP contribution in [-0.4, -0.2) is 22.6 Å². The standard InChI is InChI=1S/C25H16BrCl2F3N2O2/c1-35-24(34)19-12-17(7-9-20(19)25(29,30)31)33-13-22(18-8-6-16(27)11-21(18)28)32-23(33)10-14-2-4-15(26)5-3-14/h2-9,11-13H,10H2,1H3. The largest absolute Gasteiger partial charge is 0.465 e. The van der Waals surface area contributed by atoms with Crippen LogP contribution in [-0.2, 0) is 17.3 Å². The maximum atomic E-state index is 13.5.